The maximum atomic E-state index is 12.0. The molecule has 0 spiro atoms. The number of carbonyl (C=O) groups excluding carboxylic acids is 2. The molecule has 4 heteroatoms. The van der Waals surface area contributed by atoms with Crippen molar-refractivity contribution in [2.75, 3.05) is 7.05 Å². The molecule has 0 aliphatic heterocycles. The van der Waals surface area contributed by atoms with E-state index in [-0.39, 0.29) is 5.91 Å². The SMILES string of the molecule is CNC(=O)C(OC(=O)c1ccccc1)c1ccccc1. The number of carbonyl (C=O) groups is 2. The number of amides is 1. The van der Waals surface area contributed by atoms with E-state index < -0.39 is 12.1 Å². The van der Waals surface area contributed by atoms with Gasteiger partial charge in [0.15, 0.2) is 0 Å². The van der Waals surface area contributed by atoms with Gasteiger partial charge in [-0.25, -0.2) is 4.79 Å². The third kappa shape index (κ3) is 3.23. The van der Waals surface area contributed by atoms with Crippen LogP contribution in [0.15, 0.2) is 60.7 Å². The molecule has 1 N–H and O–H groups in total. The number of nitrogens with one attached hydrogen (secondary N) is 1. The van der Waals surface area contributed by atoms with Gasteiger partial charge in [-0.3, -0.25) is 4.79 Å². The molecule has 0 aliphatic carbocycles. The van der Waals surface area contributed by atoms with Gasteiger partial charge in [-0.15, -0.1) is 0 Å². The normalized spacial score (nSPS) is 11.4. The van der Waals surface area contributed by atoms with E-state index in [4.69, 9.17) is 4.74 Å². The van der Waals surface area contributed by atoms with Crippen LogP contribution in [0.4, 0.5) is 0 Å². The summed E-state index contributed by atoms with van der Waals surface area (Å²) in [4.78, 5) is 23.9. The maximum Gasteiger partial charge on any atom is 0.339 e. The topological polar surface area (TPSA) is 55.4 Å². The lowest BCUT2D eigenvalue weighted by molar-refractivity contribution is -0.129. The highest BCUT2D eigenvalue weighted by atomic mass is 16.5. The van der Waals surface area contributed by atoms with Crippen LogP contribution in [0.2, 0.25) is 0 Å². The van der Waals surface area contributed by atoms with E-state index in [0.717, 1.165) is 0 Å². The van der Waals surface area contributed by atoms with Crippen LogP contribution in [-0.2, 0) is 9.53 Å². The van der Waals surface area contributed by atoms with Gasteiger partial charge in [-0.05, 0) is 12.1 Å². The molecule has 2 rings (SSSR count). The Morgan fingerprint density at radius 1 is 0.950 bits per heavy atom. The van der Waals surface area contributed by atoms with Crippen LogP contribution < -0.4 is 5.32 Å². The van der Waals surface area contributed by atoms with Crippen molar-refractivity contribution in [2.24, 2.45) is 0 Å². The fourth-order valence-corrected chi connectivity index (χ4v) is 1.78. The first-order chi connectivity index (χ1) is 9.72. The van der Waals surface area contributed by atoms with Gasteiger partial charge in [-0.2, -0.15) is 0 Å². The zero-order valence-electron chi connectivity index (χ0n) is 11.1. The molecule has 0 fully saturated rings. The summed E-state index contributed by atoms with van der Waals surface area (Å²) in [7, 11) is 1.51. The predicted molar refractivity (Wildman–Crippen MR) is 75.1 cm³/mol. The second kappa shape index (κ2) is 6.52. The molecule has 20 heavy (non-hydrogen) atoms. The fraction of sp³-hybridized carbons (Fsp3) is 0.125. The number of hydrogen-bond acceptors (Lipinski definition) is 3. The van der Waals surface area contributed by atoms with Gasteiger partial charge >= 0.3 is 5.97 Å². The summed E-state index contributed by atoms with van der Waals surface area (Å²) in [6, 6.07) is 17.5. The largest absolute Gasteiger partial charge is 0.444 e. The Kier molecular flexibility index (Phi) is 4.50. The van der Waals surface area contributed by atoms with Crippen molar-refractivity contribution in [3.63, 3.8) is 0 Å². The molecule has 0 radical (unpaired) electrons. The lowest BCUT2D eigenvalue weighted by Gasteiger charge is -2.16. The quantitative estimate of drug-likeness (QED) is 0.867. The molecular weight excluding hydrogens is 254 g/mol. The average molecular weight is 269 g/mol. The van der Waals surface area contributed by atoms with Gasteiger partial charge in [0, 0.05) is 12.6 Å². The van der Waals surface area contributed by atoms with Crippen molar-refractivity contribution >= 4 is 11.9 Å². The first-order valence-corrected chi connectivity index (χ1v) is 6.25. The Hall–Kier alpha value is -2.62. The summed E-state index contributed by atoms with van der Waals surface area (Å²) in [5.41, 5.74) is 1.05. The molecule has 0 aliphatic rings. The fourth-order valence-electron chi connectivity index (χ4n) is 1.78. The maximum absolute atomic E-state index is 12.0. The Labute approximate surface area is 117 Å². The summed E-state index contributed by atoms with van der Waals surface area (Å²) >= 11 is 0. The van der Waals surface area contributed by atoms with Crippen molar-refractivity contribution in [3.8, 4) is 0 Å². The monoisotopic (exact) mass is 269 g/mol. The molecule has 0 heterocycles. The molecule has 1 atom stereocenters. The van der Waals surface area contributed by atoms with E-state index in [2.05, 4.69) is 5.32 Å². The van der Waals surface area contributed by atoms with Gasteiger partial charge in [0.25, 0.3) is 5.91 Å². The van der Waals surface area contributed by atoms with Gasteiger partial charge in [-0.1, -0.05) is 48.5 Å². The zero-order valence-corrected chi connectivity index (χ0v) is 11.1. The van der Waals surface area contributed by atoms with Crippen LogP contribution in [0, 0.1) is 0 Å². The van der Waals surface area contributed by atoms with Crippen molar-refractivity contribution < 1.29 is 14.3 Å². The third-order valence-electron chi connectivity index (χ3n) is 2.82. The van der Waals surface area contributed by atoms with E-state index in [0.29, 0.717) is 11.1 Å². The van der Waals surface area contributed by atoms with Crippen LogP contribution >= 0.6 is 0 Å². The average Bonchev–Trinajstić information content (AvgIpc) is 2.53. The predicted octanol–water partition coefficient (Wildman–Crippen LogP) is 2.33. The van der Waals surface area contributed by atoms with E-state index in [9.17, 15) is 9.59 Å². The number of rotatable bonds is 4. The molecular formula is C16H15NO3. The Morgan fingerprint density at radius 3 is 2.05 bits per heavy atom. The lowest BCUT2D eigenvalue weighted by Crippen LogP contribution is -2.29. The first-order valence-electron chi connectivity index (χ1n) is 6.25. The number of hydrogen-bond donors (Lipinski definition) is 1. The summed E-state index contributed by atoms with van der Waals surface area (Å²) in [5, 5.41) is 2.50. The van der Waals surface area contributed by atoms with Crippen molar-refractivity contribution in [2.45, 2.75) is 6.10 Å². The van der Waals surface area contributed by atoms with Gasteiger partial charge < -0.3 is 10.1 Å². The highest BCUT2D eigenvalue weighted by Crippen LogP contribution is 2.19. The second-order valence-electron chi connectivity index (χ2n) is 4.18. The second-order valence-corrected chi connectivity index (χ2v) is 4.18. The molecule has 4 nitrogen and oxygen atoms in total. The minimum absolute atomic E-state index is 0.361. The minimum atomic E-state index is -0.950. The summed E-state index contributed by atoms with van der Waals surface area (Å²) in [6.07, 6.45) is -0.950. The number of ether oxygens (including phenoxy) is 1. The molecule has 1 unspecified atom stereocenters. The highest BCUT2D eigenvalue weighted by Gasteiger charge is 2.24. The molecule has 2 aromatic carbocycles. The Bertz CT molecular complexity index is 581. The molecule has 0 saturated heterocycles. The summed E-state index contributed by atoms with van der Waals surface area (Å²) < 4.78 is 5.32. The van der Waals surface area contributed by atoms with E-state index in [1.165, 1.54) is 7.05 Å². The van der Waals surface area contributed by atoms with Crippen LogP contribution in [0.1, 0.15) is 22.0 Å². The van der Waals surface area contributed by atoms with Gasteiger partial charge in [0.05, 0.1) is 5.56 Å². The van der Waals surface area contributed by atoms with Gasteiger partial charge in [0.2, 0.25) is 6.10 Å². The van der Waals surface area contributed by atoms with Gasteiger partial charge in [0.1, 0.15) is 0 Å². The van der Waals surface area contributed by atoms with E-state index in [1.807, 2.05) is 12.1 Å². The van der Waals surface area contributed by atoms with Crippen LogP contribution in [0.3, 0.4) is 0 Å². The highest BCUT2D eigenvalue weighted by molar-refractivity contribution is 5.92. The molecule has 1 amide bonds. The molecule has 0 bridgehead atoms. The molecule has 0 saturated carbocycles. The first kappa shape index (κ1) is 13.8. The number of likely N-dealkylation sites (N-methyl/N-ethyl adjacent to an activating group) is 1. The summed E-state index contributed by atoms with van der Waals surface area (Å²) in [5.74, 6) is -0.886. The minimum Gasteiger partial charge on any atom is -0.444 e. The van der Waals surface area contributed by atoms with E-state index in [1.54, 1.807) is 48.5 Å². The number of benzene rings is 2. The smallest absolute Gasteiger partial charge is 0.339 e. The summed E-state index contributed by atoms with van der Waals surface area (Å²) in [6.45, 7) is 0. The van der Waals surface area contributed by atoms with E-state index >= 15 is 0 Å². The zero-order chi connectivity index (χ0) is 14.4. The lowest BCUT2D eigenvalue weighted by atomic mass is 10.1. The van der Waals surface area contributed by atoms with Crippen molar-refractivity contribution in [3.05, 3.63) is 71.8 Å². The van der Waals surface area contributed by atoms with Crippen LogP contribution in [0.5, 0.6) is 0 Å². The van der Waals surface area contributed by atoms with Crippen LogP contribution in [0.25, 0.3) is 0 Å². The Morgan fingerprint density at radius 2 is 1.50 bits per heavy atom. The molecule has 102 valence electrons. The molecule has 0 aromatic heterocycles. The third-order valence-corrected chi connectivity index (χ3v) is 2.82. The standard InChI is InChI=1S/C16H15NO3/c1-17-15(18)14(12-8-4-2-5-9-12)20-16(19)13-10-6-3-7-11-13/h2-11,14H,1H3,(H,17,18). The van der Waals surface area contributed by atoms with Crippen molar-refractivity contribution in [1.29, 1.82) is 0 Å². The molecule has 2 aromatic rings. The Balaban J connectivity index is 2.21. The van der Waals surface area contributed by atoms with Crippen LogP contribution in [-0.4, -0.2) is 18.9 Å². The number of esters is 1. The van der Waals surface area contributed by atoms with Crippen molar-refractivity contribution in [1.82, 2.24) is 5.32 Å².